The lowest BCUT2D eigenvalue weighted by Gasteiger charge is -2.29. The third-order valence-electron chi connectivity index (χ3n) is 5.96. The number of ether oxygens (including phenoxy) is 2. The maximum absolute atomic E-state index is 13.6. The zero-order valence-electron chi connectivity index (χ0n) is 18.0. The quantitative estimate of drug-likeness (QED) is 0.521. The summed E-state index contributed by atoms with van der Waals surface area (Å²) in [4.78, 5) is 34.3. The number of methoxy groups -OCH3 is 2. The first-order valence-corrected chi connectivity index (χ1v) is 10.8. The molecular weight excluding hydrogens is 444 g/mol. The van der Waals surface area contributed by atoms with Gasteiger partial charge in [0.1, 0.15) is 5.92 Å². The first-order valence-electron chi connectivity index (χ1n) is 10.4. The summed E-state index contributed by atoms with van der Waals surface area (Å²) in [6.07, 6.45) is -0.952. The van der Waals surface area contributed by atoms with Crippen molar-refractivity contribution < 1.29 is 23.9 Å². The number of benzene rings is 3. The lowest BCUT2D eigenvalue weighted by molar-refractivity contribution is -0.126. The van der Waals surface area contributed by atoms with Crippen LogP contribution in [-0.2, 0) is 14.4 Å². The summed E-state index contributed by atoms with van der Waals surface area (Å²) in [5.41, 5.74) is 1.97. The van der Waals surface area contributed by atoms with Crippen LogP contribution in [0.25, 0.3) is 0 Å². The minimum absolute atomic E-state index is 0.328. The van der Waals surface area contributed by atoms with Gasteiger partial charge in [-0.3, -0.25) is 14.4 Å². The highest BCUT2D eigenvalue weighted by atomic mass is 35.5. The van der Waals surface area contributed by atoms with Gasteiger partial charge in [-0.2, -0.15) is 0 Å². The number of nitrogens with zero attached hydrogens (tertiary/aromatic N) is 2. The maximum Gasteiger partial charge on any atom is 0.266 e. The van der Waals surface area contributed by atoms with E-state index in [4.69, 9.17) is 25.9 Å². The fraction of sp³-hybridized carbons (Fsp3) is 0.200. The molecule has 168 valence electrons. The number of halogens is 1. The van der Waals surface area contributed by atoms with Crippen molar-refractivity contribution in [2.75, 3.05) is 24.2 Å². The van der Waals surface area contributed by atoms with Crippen molar-refractivity contribution >= 4 is 34.8 Å². The van der Waals surface area contributed by atoms with Gasteiger partial charge in [0.25, 0.3) is 5.91 Å². The van der Waals surface area contributed by atoms with Crippen molar-refractivity contribution in [2.45, 2.75) is 12.1 Å². The normalized spacial score (nSPS) is 22.0. The number of fused-ring (bicyclic) bond motifs is 1. The van der Waals surface area contributed by atoms with Gasteiger partial charge in [-0.1, -0.05) is 35.9 Å². The van der Waals surface area contributed by atoms with Crippen LogP contribution >= 0.6 is 11.6 Å². The average molecular weight is 465 g/mol. The Hall–Kier alpha value is -3.55. The van der Waals surface area contributed by atoms with Gasteiger partial charge in [0.15, 0.2) is 17.6 Å². The van der Waals surface area contributed by atoms with Crippen molar-refractivity contribution in [2.24, 2.45) is 5.92 Å². The fourth-order valence-corrected chi connectivity index (χ4v) is 4.56. The van der Waals surface area contributed by atoms with Gasteiger partial charge in [0.2, 0.25) is 5.91 Å². The molecule has 7 nitrogen and oxygen atoms in total. The number of rotatable bonds is 5. The van der Waals surface area contributed by atoms with E-state index in [1.54, 1.807) is 49.6 Å². The lowest BCUT2D eigenvalue weighted by atomic mass is 9.90. The molecule has 33 heavy (non-hydrogen) atoms. The first-order chi connectivity index (χ1) is 16.0. The van der Waals surface area contributed by atoms with Crippen molar-refractivity contribution in [3.8, 4) is 11.5 Å². The standard InChI is InChI=1S/C25H21ClN2O5/c1-31-19-13-8-15(14-20(19)32-2)22-21-23(33-28(22)18-6-4-3-5-7-18)25(30)27(24(21)29)17-11-9-16(26)10-12-17/h3-14,21-23H,1-2H3/t21-,22+,23-/m1/s1. The van der Waals surface area contributed by atoms with Crippen LogP contribution in [0.1, 0.15) is 11.6 Å². The molecule has 2 amide bonds. The van der Waals surface area contributed by atoms with E-state index in [1.807, 2.05) is 42.5 Å². The number of hydrogen-bond acceptors (Lipinski definition) is 6. The fourth-order valence-electron chi connectivity index (χ4n) is 4.43. The molecule has 0 bridgehead atoms. The van der Waals surface area contributed by atoms with Crippen molar-refractivity contribution in [1.82, 2.24) is 0 Å². The Kier molecular flexibility index (Phi) is 5.44. The number of carbonyl (C=O) groups excluding carboxylic acids is 2. The molecule has 0 unspecified atom stereocenters. The second kappa shape index (κ2) is 8.42. The van der Waals surface area contributed by atoms with Gasteiger partial charge >= 0.3 is 0 Å². The predicted molar refractivity (Wildman–Crippen MR) is 124 cm³/mol. The SMILES string of the molecule is COc1ccc([C@H]2[C@H]3C(=O)N(c4ccc(Cl)cc4)C(=O)[C@@H]3ON2c2ccccc2)cc1OC. The molecule has 3 aromatic rings. The molecule has 0 saturated carbocycles. The highest BCUT2D eigenvalue weighted by molar-refractivity contribution is 6.31. The van der Waals surface area contributed by atoms with E-state index in [-0.39, 0.29) is 5.91 Å². The molecule has 2 saturated heterocycles. The van der Waals surface area contributed by atoms with Crippen molar-refractivity contribution in [3.05, 3.63) is 83.4 Å². The van der Waals surface area contributed by atoms with E-state index in [1.165, 1.54) is 4.90 Å². The molecule has 2 fully saturated rings. The number of hydrogen-bond donors (Lipinski definition) is 0. The largest absolute Gasteiger partial charge is 0.493 e. The van der Waals surface area contributed by atoms with E-state index in [0.717, 1.165) is 11.3 Å². The highest BCUT2D eigenvalue weighted by Gasteiger charge is 2.60. The third kappa shape index (κ3) is 3.50. The summed E-state index contributed by atoms with van der Waals surface area (Å²) >= 11 is 5.99. The van der Waals surface area contributed by atoms with E-state index >= 15 is 0 Å². The molecule has 2 aliphatic heterocycles. The van der Waals surface area contributed by atoms with Gasteiger partial charge in [-0.15, -0.1) is 0 Å². The van der Waals surface area contributed by atoms with E-state index in [9.17, 15) is 9.59 Å². The van der Waals surface area contributed by atoms with Crippen LogP contribution < -0.4 is 19.4 Å². The Bertz CT molecular complexity index is 1200. The maximum atomic E-state index is 13.6. The Balaban J connectivity index is 1.60. The van der Waals surface area contributed by atoms with Crippen LogP contribution in [0.15, 0.2) is 72.8 Å². The number of anilines is 2. The molecule has 2 heterocycles. The molecule has 8 heteroatoms. The van der Waals surface area contributed by atoms with E-state index < -0.39 is 24.0 Å². The van der Waals surface area contributed by atoms with Gasteiger partial charge in [-0.05, 0) is 54.1 Å². The summed E-state index contributed by atoms with van der Waals surface area (Å²) in [5.74, 6) is -0.384. The first kappa shape index (κ1) is 21.3. The van der Waals surface area contributed by atoms with Gasteiger partial charge in [-0.25, -0.2) is 9.96 Å². The van der Waals surface area contributed by atoms with E-state index in [2.05, 4.69) is 0 Å². The predicted octanol–water partition coefficient (Wildman–Crippen LogP) is 4.41. The second-order valence-corrected chi connectivity index (χ2v) is 8.20. The van der Waals surface area contributed by atoms with Crippen LogP contribution in [0.5, 0.6) is 11.5 Å². The third-order valence-corrected chi connectivity index (χ3v) is 6.21. The van der Waals surface area contributed by atoms with Crippen LogP contribution in [0.2, 0.25) is 5.02 Å². The highest BCUT2D eigenvalue weighted by Crippen LogP contribution is 2.48. The summed E-state index contributed by atoms with van der Waals surface area (Å²) < 4.78 is 10.8. The molecule has 3 atom stereocenters. The second-order valence-electron chi connectivity index (χ2n) is 7.76. The topological polar surface area (TPSA) is 68.3 Å². The van der Waals surface area contributed by atoms with Gasteiger partial charge in [0, 0.05) is 5.02 Å². The molecule has 0 aliphatic carbocycles. The molecule has 3 aromatic carbocycles. The summed E-state index contributed by atoms with van der Waals surface area (Å²) in [6.45, 7) is 0. The smallest absolute Gasteiger partial charge is 0.266 e. The molecular formula is C25H21ClN2O5. The molecule has 2 aliphatic rings. The number of hydroxylamine groups is 1. The van der Waals surface area contributed by atoms with Crippen molar-refractivity contribution in [3.63, 3.8) is 0 Å². The Morgan fingerprint density at radius 3 is 2.18 bits per heavy atom. The zero-order chi connectivity index (χ0) is 23.1. The van der Waals surface area contributed by atoms with Crippen molar-refractivity contribution in [1.29, 1.82) is 0 Å². The Morgan fingerprint density at radius 1 is 0.818 bits per heavy atom. The monoisotopic (exact) mass is 464 g/mol. The summed E-state index contributed by atoms with van der Waals surface area (Å²) in [7, 11) is 3.11. The number of para-hydroxylation sites is 1. The van der Waals surface area contributed by atoms with Crippen LogP contribution in [0.4, 0.5) is 11.4 Å². The van der Waals surface area contributed by atoms with Crippen LogP contribution in [0, 0.1) is 5.92 Å². The minimum Gasteiger partial charge on any atom is -0.493 e. The zero-order valence-corrected chi connectivity index (χ0v) is 18.7. The molecule has 0 radical (unpaired) electrons. The Morgan fingerprint density at radius 2 is 1.52 bits per heavy atom. The Labute approximate surface area is 196 Å². The van der Waals surface area contributed by atoms with Crippen LogP contribution in [-0.4, -0.2) is 32.1 Å². The van der Waals surface area contributed by atoms with Gasteiger partial charge in [0.05, 0.1) is 31.6 Å². The minimum atomic E-state index is -0.952. The number of carbonyl (C=O) groups is 2. The average Bonchev–Trinajstić information content (AvgIpc) is 3.36. The molecule has 0 N–H and O–H groups in total. The number of imide groups is 1. The molecule has 0 aromatic heterocycles. The summed E-state index contributed by atoms with van der Waals surface area (Å²) in [5, 5.41) is 2.17. The molecule has 0 spiro atoms. The lowest BCUT2D eigenvalue weighted by Crippen LogP contribution is -2.37. The summed E-state index contributed by atoms with van der Waals surface area (Å²) in [6, 6.07) is 20.9. The van der Waals surface area contributed by atoms with Crippen LogP contribution in [0.3, 0.4) is 0 Å². The number of amides is 2. The van der Waals surface area contributed by atoms with Gasteiger partial charge < -0.3 is 9.47 Å². The van der Waals surface area contributed by atoms with E-state index in [0.29, 0.717) is 22.2 Å². The molecule has 5 rings (SSSR count).